The molecule has 19 heavy (non-hydrogen) atoms. The second-order valence-corrected chi connectivity index (χ2v) is 6.50. The molecule has 0 saturated carbocycles. The molecule has 2 atom stereocenters. The Labute approximate surface area is 115 Å². The molecule has 2 unspecified atom stereocenters. The molecule has 1 heterocycles. The predicted molar refractivity (Wildman–Crippen MR) is 74.0 cm³/mol. The van der Waals surface area contributed by atoms with E-state index in [4.69, 9.17) is 5.11 Å². The highest BCUT2D eigenvalue weighted by Crippen LogP contribution is 2.24. The number of carboxylic acids is 1. The van der Waals surface area contributed by atoms with Crippen molar-refractivity contribution in [2.24, 2.45) is 11.3 Å². The number of rotatable bonds is 3. The van der Waals surface area contributed by atoms with Crippen LogP contribution in [0.15, 0.2) is 0 Å². The number of aliphatic carboxylic acids is 1. The van der Waals surface area contributed by atoms with Crippen LogP contribution in [0.5, 0.6) is 0 Å². The van der Waals surface area contributed by atoms with Crippen molar-refractivity contribution in [2.45, 2.75) is 53.0 Å². The molecule has 5 heteroatoms. The molecule has 5 nitrogen and oxygen atoms in total. The molecule has 0 aromatic heterocycles. The number of carbonyl (C=O) groups excluding carboxylic acids is 1. The van der Waals surface area contributed by atoms with Crippen LogP contribution in [0.1, 0.15) is 47.0 Å². The summed E-state index contributed by atoms with van der Waals surface area (Å²) < 4.78 is 0. The van der Waals surface area contributed by atoms with Crippen LogP contribution in [0.25, 0.3) is 0 Å². The molecular formula is C14H26N2O3. The van der Waals surface area contributed by atoms with Gasteiger partial charge in [0.1, 0.15) is 6.04 Å². The second kappa shape index (κ2) is 6.26. The van der Waals surface area contributed by atoms with Gasteiger partial charge in [-0.05, 0) is 30.6 Å². The fourth-order valence-corrected chi connectivity index (χ4v) is 2.08. The van der Waals surface area contributed by atoms with Gasteiger partial charge in [0.2, 0.25) is 0 Å². The SMILES string of the molecule is CC(CNC(=O)N1CCCCC1C(=O)O)C(C)(C)C. The summed E-state index contributed by atoms with van der Waals surface area (Å²) in [5.41, 5.74) is 0.126. The highest BCUT2D eigenvalue weighted by atomic mass is 16.4. The van der Waals surface area contributed by atoms with Crippen LogP contribution < -0.4 is 5.32 Å². The smallest absolute Gasteiger partial charge is 0.326 e. The lowest BCUT2D eigenvalue weighted by molar-refractivity contribution is -0.143. The van der Waals surface area contributed by atoms with E-state index in [-0.39, 0.29) is 11.4 Å². The van der Waals surface area contributed by atoms with Crippen LogP contribution in [0.2, 0.25) is 0 Å². The molecule has 0 aromatic rings. The average Bonchev–Trinajstić information content (AvgIpc) is 2.34. The zero-order valence-electron chi connectivity index (χ0n) is 12.4. The predicted octanol–water partition coefficient (Wildman–Crippen LogP) is 2.32. The molecule has 0 aliphatic carbocycles. The lowest BCUT2D eigenvalue weighted by Gasteiger charge is -2.34. The van der Waals surface area contributed by atoms with Gasteiger partial charge in [0.15, 0.2) is 0 Å². The van der Waals surface area contributed by atoms with Crippen molar-refractivity contribution in [1.29, 1.82) is 0 Å². The Balaban J connectivity index is 2.54. The van der Waals surface area contributed by atoms with Crippen LogP contribution in [0.3, 0.4) is 0 Å². The number of urea groups is 1. The third-order valence-electron chi connectivity index (χ3n) is 4.09. The van der Waals surface area contributed by atoms with Crippen LogP contribution in [-0.2, 0) is 4.79 Å². The zero-order valence-corrected chi connectivity index (χ0v) is 12.4. The van der Waals surface area contributed by atoms with Gasteiger partial charge in [-0.3, -0.25) is 0 Å². The lowest BCUT2D eigenvalue weighted by Crippen LogP contribution is -2.52. The molecule has 2 amide bonds. The van der Waals surface area contributed by atoms with E-state index >= 15 is 0 Å². The van der Waals surface area contributed by atoms with Gasteiger partial charge < -0.3 is 15.3 Å². The minimum atomic E-state index is -0.904. The van der Waals surface area contributed by atoms with Crippen molar-refractivity contribution in [2.75, 3.05) is 13.1 Å². The standard InChI is InChI=1S/C14H26N2O3/c1-10(14(2,3)4)9-15-13(19)16-8-6-5-7-11(16)12(17)18/h10-11H,5-9H2,1-4H3,(H,15,19)(H,17,18). The third kappa shape index (κ3) is 4.40. The Morgan fingerprint density at radius 2 is 2.00 bits per heavy atom. The van der Waals surface area contributed by atoms with Gasteiger partial charge >= 0.3 is 12.0 Å². The van der Waals surface area contributed by atoms with Crippen molar-refractivity contribution < 1.29 is 14.7 Å². The van der Waals surface area contributed by atoms with Crippen LogP contribution >= 0.6 is 0 Å². The molecule has 0 aromatic carbocycles. The van der Waals surface area contributed by atoms with Crippen LogP contribution in [0, 0.1) is 11.3 Å². The number of carbonyl (C=O) groups is 2. The van der Waals surface area contributed by atoms with Crippen LogP contribution in [0.4, 0.5) is 4.79 Å². The number of likely N-dealkylation sites (tertiary alicyclic amines) is 1. The number of nitrogens with zero attached hydrogens (tertiary/aromatic N) is 1. The molecule has 0 spiro atoms. The molecule has 1 aliphatic rings. The number of piperidine rings is 1. The summed E-state index contributed by atoms with van der Waals surface area (Å²) in [7, 11) is 0. The van der Waals surface area contributed by atoms with Crippen LogP contribution in [-0.4, -0.2) is 41.1 Å². The molecule has 0 radical (unpaired) electrons. The number of hydrogen-bond donors (Lipinski definition) is 2. The summed E-state index contributed by atoms with van der Waals surface area (Å²) in [5, 5.41) is 12.0. The highest BCUT2D eigenvalue weighted by molar-refractivity contribution is 5.82. The molecule has 1 saturated heterocycles. The Morgan fingerprint density at radius 3 is 2.53 bits per heavy atom. The Kier molecular flexibility index (Phi) is 5.20. The van der Waals surface area contributed by atoms with Gasteiger partial charge in [-0.15, -0.1) is 0 Å². The Bertz CT molecular complexity index is 336. The van der Waals surface area contributed by atoms with E-state index in [2.05, 4.69) is 33.0 Å². The van der Waals surface area contributed by atoms with Gasteiger partial charge in [0.05, 0.1) is 0 Å². The van der Waals surface area contributed by atoms with E-state index in [0.717, 1.165) is 12.8 Å². The molecule has 1 aliphatic heterocycles. The first-order chi connectivity index (χ1) is 8.73. The van der Waals surface area contributed by atoms with E-state index < -0.39 is 12.0 Å². The monoisotopic (exact) mass is 270 g/mol. The van der Waals surface area contributed by atoms with Crippen molar-refractivity contribution >= 4 is 12.0 Å². The normalized spacial score (nSPS) is 21.9. The van der Waals surface area contributed by atoms with E-state index in [0.29, 0.717) is 25.4 Å². The summed E-state index contributed by atoms with van der Waals surface area (Å²) in [4.78, 5) is 24.7. The lowest BCUT2D eigenvalue weighted by atomic mass is 9.82. The fourth-order valence-electron chi connectivity index (χ4n) is 2.08. The number of hydrogen-bond acceptors (Lipinski definition) is 2. The summed E-state index contributed by atoms with van der Waals surface area (Å²) in [6.07, 6.45) is 2.31. The van der Waals surface area contributed by atoms with Gasteiger partial charge in [-0.1, -0.05) is 27.7 Å². The first-order valence-electron chi connectivity index (χ1n) is 7.00. The maximum atomic E-state index is 12.1. The molecule has 1 rings (SSSR count). The summed E-state index contributed by atoms with van der Waals surface area (Å²) in [6, 6.07) is -0.915. The Morgan fingerprint density at radius 1 is 1.37 bits per heavy atom. The molecular weight excluding hydrogens is 244 g/mol. The Hall–Kier alpha value is -1.26. The van der Waals surface area contributed by atoms with Crippen molar-refractivity contribution in [3.8, 4) is 0 Å². The van der Waals surface area contributed by atoms with Gasteiger partial charge in [-0.2, -0.15) is 0 Å². The minimum absolute atomic E-state index is 0.126. The van der Waals surface area contributed by atoms with Crippen molar-refractivity contribution in [3.63, 3.8) is 0 Å². The maximum Gasteiger partial charge on any atom is 0.326 e. The molecule has 1 fully saturated rings. The molecule has 110 valence electrons. The van der Waals surface area contributed by atoms with Gasteiger partial charge in [0, 0.05) is 13.1 Å². The van der Waals surface area contributed by atoms with E-state index in [9.17, 15) is 9.59 Å². The van der Waals surface area contributed by atoms with Gasteiger partial charge in [-0.25, -0.2) is 9.59 Å². The number of carboxylic acid groups (broad SMARTS) is 1. The first-order valence-corrected chi connectivity index (χ1v) is 7.00. The minimum Gasteiger partial charge on any atom is -0.480 e. The highest BCUT2D eigenvalue weighted by Gasteiger charge is 2.32. The third-order valence-corrected chi connectivity index (χ3v) is 4.09. The van der Waals surface area contributed by atoms with E-state index in [1.165, 1.54) is 4.90 Å². The fraction of sp³-hybridized carbons (Fsp3) is 0.857. The maximum absolute atomic E-state index is 12.1. The average molecular weight is 270 g/mol. The number of nitrogens with one attached hydrogen (secondary N) is 1. The molecule has 0 bridgehead atoms. The van der Waals surface area contributed by atoms with Crippen molar-refractivity contribution in [1.82, 2.24) is 10.2 Å². The zero-order chi connectivity index (χ0) is 14.6. The first kappa shape index (κ1) is 15.8. The molecule has 2 N–H and O–H groups in total. The largest absolute Gasteiger partial charge is 0.480 e. The van der Waals surface area contributed by atoms with Gasteiger partial charge in [0.25, 0.3) is 0 Å². The summed E-state index contributed by atoms with van der Waals surface area (Å²) in [5.74, 6) is -0.566. The summed E-state index contributed by atoms with van der Waals surface area (Å²) in [6.45, 7) is 9.59. The van der Waals surface area contributed by atoms with Crippen molar-refractivity contribution in [3.05, 3.63) is 0 Å². The second-order valence-electron chi connectivity index (χ2n) is 6.50. The quantitative estimate of drug-likeness (QED) is 0.827. The summed E-state index contributed by atoms with van der Waals surface area (Å²) >= 11 is 0. The topological polar surface area (TPSA) is 69.6 Å². The number of amides is 2. The van der Waals surface area contributed by atoms with E-state index in [1.807, 2.05) is 0 Å². The van der Waals surface area contributed by atoms with E-state index in [1.54, 1.807) is 0 Å².